The normalized spacial score (nSPS) is 9.54. The van der Waals surface area contributed by atoms with Crippen molar-refractivity contribution in [3.8, 4) is 6.07 Å². The van der Waals surface area contributed by atoms with Gasteiger partial charge in [0.1, 0.15) is 0 Å². The van der Waals surface area contributed by atoms with Gasteiger partial charge in [0.05, 0.1) is 6.07 Å². The third kappa shape index (κ3) is 3.61. The molecule has 0 heterocycles. The number of hydrogen-bond acceptors (Lipinski definition) is 1. The molecular weight excluding hydrogens is 226 g/mol. The topological polar surface area (TPSA) is 23.8 Å². The minimum absolute atomic E-state index is 0.653. The van der Waals surface area contributed by atoms with Crippen molar-refractivity contribution in [3.63, 3.8) is 0 Å². The zero-order chi connectivity index (χ0) is 9.52. The number of benzene rings is 1. The lowest BCUT2D eigenvalue weighted by atomic mass is 10.1. The van der Waals surface area contributed by atoms with Gasteiger partial charge in [0, 0.05) is 11.8 Å². The molecule has 0 spiro atoms. The predicted octanol–water partition coefficient (Wildman–Crippen LogP) is 3.43. The summed E-state index contributed by atoms with van der Waals surface area (Å²) in [5, 5.41) is 9.28. The number of rotatable bonds is 4. The smallest absolute Gasteiger partial charge is 0.0621 e. The molecule has 0 unspecified atom stereocenters. The molecule has 0 aliphatic rings. The van der Waals surface area contributed by atoms with Gasteiger partial charge in [-0.3, -0.25) is 0 Å². The van der Waals surface area contributed by atoms with E-state index >= 15 is 0 Å². The van der Waals surface area contributed by atoms with Crippen LogP contribution in [-0.4, -0.2) is 0 Å². The van der Waals surface area contributed by atoms with Gasteiger partial charge in [-0.2, -0.15) is 5.26 Å². The van der Waals surface area contributed by atoms with Gasteiger partial charge < -0.3 is 0 Å². The summed E-state index contributed by atoms with van der Waals surface area (Å²) in [5.74, 6) is 0. The molecule has 68 valence electrons. The van der Waals surface area contributed by atoms with Crippen LogP contribution >= 0.6 is 15.9 Å². The van der Waals surface area contributed by atoms with E-state index in [2.05, 4.69) is 46.3 Å². The Morgan fingerprint density at radius 2 is 1.77 bits per heavy atom. The standard InChI is InChI=1S/C11H12BrN/c12-9-11-6-4-10(5-7-11)3-1-2-8-13/h4-7H,1-3,9H2. The number of nitriles is 1. The summed E-state index contributed by atoms with van der Waals surface area (Å²) in [7, 11) is 0. The Balaban J connectivity index is 2.45. The van der Waals surface area contributed by atoms with E-state index in [-0.39, 0.29) is 0 Å². The Hall–Kier alpha value is -0.810. The first kappa shape index (κ1) is 10.3. The average Bonchev–Trinajstić information content (AvgIpc) is 2.19. The molecule has 1 aromatic rings. The SMILES string of the molecule is N#CCCCc1ccc(CBr)cc1. The lowest BCUT2D eigenvalue weighted by Crippen LogP contribution is -1.85. The maximum absolute atomic E-state index is 8.37. The van der Waals surface area contributed by atoms with Gasteiger partial charge in [-0.15, -0.1) is 0 Å². The van der Waals surface area contributed by atoms with Crippen LogP contribution in [0.2, 0.25) is 0 Å². The molecule has 0 amide bonds. The first-order chi connectivity index (χ1) is 6.36. The summed E-state index contributed by atoms with van der Waals surface area (Å²) in [4.78, 5) is 0. The molecule has 2 heteroatoms. The van der Waals surface area contributed by atoms with Crippen LogP contribution in [0.3, 0.4) is 0 Å². The third-order valence-corrected chi connectivity index (χ3v) is 2.58. The van der Waals surface area contributed by atoms with E-state index in [1.54, 1.807) is 0 Å². The molecule has 1 aromatic carbocycles. The second-order valence-electron chi connectivity index (χ2n) is 2.96. The van der Waals surface area contributed by atoms with Crippen LogP contribution in [0.25, 0.3) is 0 Å². The van der Waals surface area contributed by atoms with E-state index in [0.29, 0.717) is 6.42 Å². The van der Waals surface area contributed by atoms with Crippen molar-refractivity contribution in [2.45, 2.75) is 24.6 Å². The van der Waals surface area contributed by atoms with Crippen LogP contribution in [-0.2, 0) is 11.8 Å². The fourth-order valence-electron chi connectivity index (χ4n) is 1.17. The van der Waals surface area contributed by atoms with Crippen LogP contribution in [0, 0.1) is 11.3 Å². The molecule has 1 rings (SSSR count). The van der Waals surface area contributed by atoms with Gasteiger partial charge in [-0.05, 0) is 24.0 Å². The van der Waals surface area contributed by atoms with E-state index in [0.717, 1.165) is 18.2 Å². The number of aryl methyl sites for hydroxylation is 1. The molecule has 0 N–H and O–H groups in total. The Morgan fingerprint density at radius 1 is 1.15 bits per heavy atom. The molecule has 0 saturated carbocycles. The zero-order valence-corrected chi connectivity index (χ0v) is 9.05. The van der Waals surface area contributed by atoms with Gasteiger partial charge in [0.2, 0.25) is 0 Å². The van der Waals surface area contributed by atoms with Gasteiger partial charge in [0.15, 0.2) is 0 Å². The quantitative estimate of drug-likeness (QED) is 0.582. The fourth-order valence-corrected chi connectivity index (χ4v) is 1.54. The highest BCUT2D eigenvalue weighted by Crippen LogP contribution is 2.09. The minimum atomic E-state index is 0.653. The maximum Gasteiger partial charge on any atom is 0.0621 e. The van der Waals surface area contributed by atoms with Gasteiger partial charge in [-0.1, -0.05) is 40.2 Å². The molecule has 0 aliphatic heterocycles. The summed E-state index contributed by atoms with van der Waals surface area (Å²) in [6, 6.07) is 10.7. The van der Waals surface area contributed by atoms with Gasteiger partial charge in [0.25, 0.3) is 0 Å². The monoisotopic (exact) mass is 237 g/mol. The van der Waals surface area contributed by atoms with E-state index in [4.69, 9.17) is 5.26 Å². The Morgan fingerprint density at radius 3 is 2.31 bits per heavy atom. The van der Waals surface area contributed by atoms with E-state index in [1.807, 2.05) is 0 Å². The van der Waals surface area contributed by atoms with Crippen molar-refractivity contribution in [1.82, 2.24) is 0 Å². The lowest BCUT2D eigenvalue weighted by molar-refractivity contribution is 0.850. The fraction of sp³-hybridized carbons (Fsp3) is 0.364. The molecule has 0 aliphatic carbocycles. The first-order valence-corrected chi connectivity index (χ1v) is 5.49. The number of halogens is 1. The van der Waals surface area contributed by atoms with Crippen LogP contribution in [0.4, 0.5) is 0 Å². The van der Waals surface area contributed by atoms with Crippen LogP contribution in [0.1, 0.15) is 24.0 Å². The molecule has 0 bridgehead atoms. The van der Waals surface area contributed by atoms with E-state index in [9.17, 15) is 0 Å². The van der Waals surface area contributed by atoms with Crippen LogP contribution in [0.5, 0.6) is 0 Å². The highest BCUT2D eigenvalue weighted by atomic mass is 79.9. The van der Waals surface area contributed by atoms with Gasteiger partial charge >= 0.3 is 0 Å². The highest BCUT2D eigenvalue weighted by Gasteiger charge is 1.93. The zero-order valence-electron chi connectivity index (χ0n) is 7.46. The number of unbranched alkanes of at least 4 members (excludes halogenated alkanes) is 1. The number of alkyl halides is 1. The predicted molar refractivity (Wildman–Crippen MR) is 57.6 cm³/mol. The molecular formula is C11H12BrN. The van der Waals surface area contributed by atoms with Crippen LogP contribution in [0.15, 0.2) is 24.3 Å². The second-order valence-corrected chi connectivity index (χ2v) is 3.52. The molecule has 0 saturated heterocycles. The summed E-state index contributed by atoms with van der Waals surface area (Å²) < 4.78 is 0. The van der Waals surface area contributed by atoms with Crippen molar-refractivity contribution in [3.05, 3.63) is 35.4 Å². The molecule has 13 heavy (non-hydrogen) atoms. The number of nitrogens with zero attached hydrogens (tertiary/aromatic N) is 1. The highest BCUT2D eigenvalue weighted by molar-refractivity contribution is 9.08. The minimum Gasteiger partial charge on any atom is -0.198 e. The van der Waals surface area contributed by atoms with Crippen molar-refractivity contribution < 1.29 is 0 Å². The van der Waals surface area contributed by atoms with E-state index in [1.165, 1.54) is 11.1 Å². The summed E-state index contributed by atoms with van der Waals surface area (Å²) in [6.45, 7) is 0. The van der Waals surface area contributed by atoms with E-state index < -0.39 is 0 Å². The first-order valence-electron chi connectivity index (χ1n) is 4.37. The van der Waals surface area contributed by atoms with Crippen molar-refractivity contribution in [2.75, 3.05) is 0 Å². The summed E-state index contributed by atoms with van der Waals surface area (Å²) >= 11 is 3.40. The molecule has 0 aromatic heterocycles. The average molecular weight is 238 g/mol. The van der Waals surface area contributed by atoms with Crippen LogP contribution < -0.4 is 0 Å². The van der Waals surface area contributed by atoms with Gasteiger partial charge in [-0.25, -0.2) is 0 Å². The summed E-state index contributed by atoms with van der Waals surface area (Å²) in [5.41, 5.74) is 2.61. The molecule has 0 radical (unpaired) electrons. The molecule has 1 nitrogen and oxygen atoms in total. The van der Waals surface area contributed by atoms with Crippen molar-refractivity contribution in [1.29, 1.82) is 5.26 Å². The Labute approximate surface area is 87.5 Å². The maximum atomic E-state index is 8.37. The molecule has 0 fully saturated rings. The third-order valence-electron chi connectivity index (χ3n) is 1.93. The largest absolute Gasteiger partial charge is 0.198 e. The molecule has 0 atom stereocenters. The number of hydrogen-bond donors (Lipinski definition) is 0. The van der Waals surface area contributed by atoms with Crippen molar-refractivity contribution in [2.24, 2.45) is 0 Å². The Bertz CT molecular complexity index is 284. The van der Waals surface area contributed by atoms with Crippen molar-refractivity contribution >= 4 is 15.9 Å². The Kier molecular flexibility index (Phi) is 4.56. The second kappa shape index (κ2) is 5.77. The lowest BCUT2D eigenvalue weighted by Gasteiger charge is -1.99. The summed E-state index contributed by atoms with van der Waals surface area (Å²) in [6.07, 6.45) is 2.63.